The van der Waals surface area contributed by atoms with Crippen LogP contribution in [0.1, 0.15) is 30.0 Å². The minimum absolute atomic E-state index is 0.0508. The lowest BCUT2D eigenvalue weighted by atomic mass is 9.97. The summed E-state index contributed by atoms with van der Waals surface area (Å²) in [5.74, 6) is -1.43. The Balaban J connectivity index is 2.31. The summed E-state index contributed by atoms with van der Waals surface area (Å²) < 4.78 is 89.7. The molecule has 1 atom stereocenters. The lowest BCUT2D eigenvalue weighted by molar-refractivity contribution is -0.141. The normalized spacial score (nSPS) is 18.6. The van der Waals surface area contributed by atoms with Crippen LogP contribution in [0.5, 0.6) is 0 Å². The molecule has 1 aromatic carbocycles. The molecule has 1 heterocycles. The lowest BCUT2D eigenvalue weighted by Gasteiger charge is -2.35. The van der Waals surface area contributed by atoms with Crippen molar-refractivity contribution in [2.24, 2.45) is 0 Å². The van der Waals surface area contributed by atoms with Crippen molar-refractivity contribution in [3.63, 3.8) is 0 Å². The Morgan fingerprint density at radius 3 is 2.21 bits per heavy atom. The predicted octanol–water partition coefficient (Wildman–Crippen LogP) is 4.13. The molecule has 0 unspecified atom stereocenters. The quantitative estimate of drug-likeness (QED) is 0.814. The minimum atomic E-state index is -4.89. The van der Waals surface area contributed by atoms with E-state index < -0.39 is 36.2 Å². The number of hydrogen-bond donors (Lipinski definition) is 1. The second-order valence-corrected chi connectivity index (χ2v) is 5.69. The molecule has 1 fully saturated rings. The molecule has 9 heteroatoms. The molecule has 1 aliphatic rings. The van der Waals surface area contributed by atoms with E-state index in [0.29, 0.717) is 38.3 Å². The number of halogens is 7. The molecule has 0 radical (unpaired) electrons. The molecule has 2 rings (SSSR count). The fourth-order valence-electron chi connectivity index (χ4n) is 2.82. The van der Waals surface area contributed by atoms with E-state index >= 15 is 0 Å². The molecule has 1 N–H and O–H groups in total. The molecule has 136 valence electrons. The SMILES string of the molecule is Fc1ccc([C@@H](CCC(F)(F)F)N2CCNCC2)cc1C(F)(F)F. The smallest absolute Gasteiger partial charge is 0.314 e. The maximum Gasteiger partial charge on any atom is 0.419 e. The molecular weight excluding hydrogens is 341 g/mol. The number of piperazine rings is 1. The van der Waals surface area contributed by atoms with Crippen LogP contribution >= 0.6 is 0 Å². The summed E-state index contributed by atoms with van der Waals surface area (Å²) in [6, 6.07) is 1.59. The number of rotatable bonds is 4. The van der Waals surface area contributed by atoms with Crippen molar-refractivity contribution in [2.45, 2.75) is 31.2 Å². The van der Waals surface area contributed by atoms with Gasteiger partial charge in [0.2, 0.25) is 0 Å². The average molecular weight is 358 g/mol. The second-order valence-electron chi connectivity index (χ2n) is 5.69. The lowest BCUT2D eigenvalue weighted by Crippen LogP contribution is -2.45. The van der Waals surface area contributed by atoms with Crippen LogP contribution in [0.15, 0.2) is 18.2 Å². The Labute approximate surface area is 134 Å². The van der Waals surface area contributed by atoms with Crippen LogP contribution in [0.25, 0.3) is 0 Å². The van der Waals surface area contributed by atoms with Gasteiger partial charge in [0.25, 0.3) is 0 Å². The molecule has 0 spiro atoms. The van der Waals surface area contributed by atoms with Gasteiger partial charge in [0, 0.05) is 38.6 Å². The Morgan fingerprint density at radius 1 is 1.04 bits per heavy atom. The summed E-state index contributed by atoms with van der Waals surface area (Å²) in [6.07, 6.45) is -10.8. The Bertz CT molecular complexity index is 548. The topological polar surface area (TPSA) is 15.3 Å². The van der Waals surface area contributed by atoms with Crippen LogP contribution in [0, 0.1) is 5.82 Å². The highest BCUT2D eigenvalue weighted by molar-refractivity contribution is 5.29. The van der Waals surface area contributed by atoms with Gasteiger partial charge in [0.05, 0.1) is 5.56 Å². The van der Waals surface area contributed by atoms with E-state index in [0.717, 1.165) is 6.07 Å². The molecule has 1 aromatic rings. The summed E-state index contributed by atoms with van der Waals surface area (Å²) in [4.78, 5) is 1.70. The fourth-order valence-corrected chi connectivity index (χ4v) is 2.82. The predicted molar refractivity (Wildman–Crippen MR) is 73.9 cm³/mol. The highest BCUT2D eigenvalue weighted by Gasteiger charge is 2.36. The van der Waals surface area contributed by atoms with Gasteiger partial charge in [-0.3, -0.25) is 4.90 Å². The van der Waals surface area contributed by atoms with E-state index in [2.05, 4.69) is 5.32 Å². The largest absolute Gasteiger partial charge is 0.419 e. The Kier molecular flexibility index (Phi) is 5.74. The van der Waals surface area contributed by atoms with Gasteiger partial charge in [-0.05, 0) is 24.1 Å². The molecule has 1 aliphatic heterocycles. The molecule has 24 heavy (non-hydrogen) atoms. The number of nitrogens with zero attached hydrogens (tertiary/aromatic N) is 1. The first-order valence-electron chi connectivity index (χ1n) is 7.46. The Morgan fingerprint density at radius 2 is 1.67 bits per heavy atom. The minimum Gasteiger partial charge on any atom is -0.314 e. The molecule has 0 aliphatic carbocycles. The first kappa shape index (κ1) is 19.0. The molecule has 0 aromatic heterocycles. The summed E-state index contributed by atoms with van der Waals surface area (Å²) in [7, 11) is 0. The third-order valence-corrected chi connectivity index (χ3v) is 3.97. The van der Waals surface area contributed by atoms with Crippen molar-refractivity contribution in [1.82, 2.24) is 10.2 Å². The zero-order valence-electron chi connectivity index (χ0n) is 12.6. The van der Waals surface area contributed by atoms with Gasteiger partial charge >= 0.3 is 12.4 Å². The fraction of sp³-hybridized carbons (Fsp3) is 0.600. The Hall–Kier alpha value is -1.35. The van der Waals surface area contributed by atoms with E-state index in [9.17, 15) is 30.7 Å². The summed E-state index contributed by atoms with van der Waals surface area (Å²) in [5.41, 5.74) is -1.40. The maximum absolute atomic E-state index is 13.4. The number of nitrogens with one attached hydrogen (secondary N) is 1. The van der Waals surface area contributed by atoms with Crippen LogP contribution in [0.4, 0.5) is 30.7 Å². The van der Waals surface area contributed by atoms with Crippen molar-refractivity contribution in [2.75, 3.05) is 26.2 Å². The zero-order valence-corrected chi connectivity index (χ0v) is 12.6. The standard InChI is InChI=1S/C15H17F7N2/c16-12-2-1-10(9-11(12)15(20,21)22)13(3-4-14(17,18)19)24-7-5-23-6-8-24/h1-2,9,13,23H,3-8H2/t13-/m1/s1. The van der Waals surface area contributed by atoms with Crippen molar-refractivity contribution in [3.8, 4) is 0 Å². The average Bonchev–Trinajstić information content (AvgIpc) is 2.47. The van der Waals surface area contributed by atoms with Crippen LogP contribution in [0.2, 0.25) is 0 Å². The van der Waals surface area contributed by atoms with E-state index in [1.165, 1.54) is 0 Å². The van der Waals surface area contributed by atoms with Gasteiger partial charge in [0.1, 0.15) is 5.82 Å². The van der Waals surface area contributed by atoms with E-state index in [4.69, 9.17) is 0 Å². The highest BCUT2D eigenvalue weighted by atomic mass is 19.4. The third-order valence-electron chi connectivity index (χ3n) is 3.97. The van der Waals surface area contributed by atoms with Crippen molar-refractivity contribution < 1.29 is 30.7 Å². The van der Waals surface area contributed by atoms with Crippen LogP contribution in [-0.2, 0) is 6.18 Å². The van der Waals surface area contributed by atoms with Crippen molar-refractivity contribution >= 4 is 0 Å². The summed E-state index contributed by atoms with van der Waals surface area (Å²) in [6.45, 7) is 1.91. The maximum atomic E-state index is 13.4. The van der Waals surface area contributed by atoms with Gasteiger partial charge in [-0.15, -0.1) is 0 Å². The third kappa shape index (κ3) is 5.07. The molecular formula is C15H17F7N2. The van der Waals surface area contributed by atoms with Crippen molar-refractivity contribution in [1.29, 1.82) is 0 Å². The monoisotopic (exact) mass is 358 g/mol. The first-order valence-corrected chi connectivity index (χ1v) is 7.46. The van der Waals surface area contributed by atoms with Gasteiger partial charge in [0.15, 0.2) is 0 Å². The number of alkyl halides is 6. The first-order chi connectivity index (χ1) is 11.1. The molecule has 1 saturated heterocycles. The number of hydrogen-bond acceptors (Lipinski definition) is 2. The van der Waals surface area contributed by atoms with Crippen LogP contribution in [0.3, 0.4) is 0 Å². The molecule has 0 saturated carbocycles. The van der Waals surface area contributed by atoms with E-state index in [1.807, 2.05) is 0 Å². The summed E-state index contributed by atoms with van der Waals surface area (Å²) in [5, 5.41) is 3.03. The highest BCUT2D eigenvalue weighted by Crippen LogP contribution is 2.36. The van der Waals surface area contributed by atoms with Gasteiger partial charge < -0.3 is 5.32 Å². The zero-order chi connectivity index (χ0) is 18.0. The van der Waals surface area contributed by atoms with E-state index in [1.54, 1.807) is 4.90 Å². The van der Waals surface area contributed by atoms with Gasteiger partial charge in [-0.25, -0.2) is 4.39 Å². The van der Waals surface area contributed by atoms with Crippen LogP contribution in [-0.4, -0.2) is 37.3 Å². The van der Waals surface area contributed by atoms with Crippen molar-refractivity contribution in [3.05, 3.63) is 35.1 Å². The molecule has 0 amide bonds. The number of benzene rings is 1. The second kappa shape index (κ2) is 7.26. The van der Waals surface area contributed by atoms with Gasteiger partial charge in [-0.2, -0.15) is 26.3 Å². The van der Waals surface area contributed by atoms with Crippen LogP contribution < -0.4 is 5.32 Å². The summed E-state index contributed by atoms with van der Waals surface area (Å²) >= 11 is 0. The van der Waals surface area contributed by atoms with Gasteiger partial charge in [-0.1, -0.05) is 6.07 Å². The molecule has 2 nitrogen and oxygen atoms in total. The molecule has 0 bridgehead atoms. The van der Waals surface area contributed by atoms with E-state index in [-0.39, 0.29) is 12.0 Å².